The van der Waals surface area contributed by atoms with Crippen LogP contribution in [-0.2, 0) is 16.6 Å². The summed E-state index contributed by atoms with van der Waals surface area (Å²) in [6, 6.07) is 5.56. The molecule has 0 saturated heterocycles. The highest BCUT2D eigenvalue weighted by atomic mass is 79.9. The van der Waals surface area contributed by atoms with Crippen LogP contribution in [0.25, 0.3) is 0 Å². The van der Waals surface area contributed by atoms with Gasteiger partial charge in [0, 0.05) is 18.8 Å². The van der Waals surface area contributed by atoms with Crippen LogP contribution in [0.4, 0.5) is 16.2 Å². The van der Waals surface area contributed by atoms with E-state index in [-0.39, 0.29) is 24.1 Å². The van der Waals surface area contributed by atoms with Crippen LogP contribution in [0.5, 0.6) is 0 Å². The predicted octanol–water partition coefficient (Wildman–Crippen LogP) is 3.30. The Morgan fingerprint density at radius 2 is 2.16 bits per heavy atom. The first-order valence-electron chi connectivity index (χ1n) is 9.92. The third-order valence-corrected chi connectivity index (χ3v) is 6.73. The highest BCUT2D eigenvalue weighted by molar-refractivity contribution is 9.10. The minimum absolute atomic E-state index is 0.0245. The van der Waals surface area contributed by atoms with Crippen LogP contribution in [0, 0.1) is 5.82 Å². The maximum absolute atomic E-state index is 13.4. The number of aliphatic hydroxyl groups is 1. The number of anilines is 2. The van der Waals surface area contributed by atoms with E-state index in [2.05, 4.69) is 41.3 Å². The van der Waals surface area contributed by atoms with Crippen molar-refractivity contribution in [2.75, 3.05) is 17.2 Å². The molecule has 1 aromatic heterocycles. The van der Waals surface area contributed by atoms with E-state index in [1.165, 1.54) is 24.3 Å². The van der Waals surface area contributed by atoms with Gasteiger partial charge in [-0.3, -0.25) is 0 Å². The number of nitrogens with zero attached hydrogens (tertiary/aromatic N) is 2. The molecule has 1 aliphatic rings. The predicted molar refractivity (Wildman–Crippen MR) is 126 cm³/mol. The zero-order valence-corrected chi connectivity index (χ0v) is 20.0. The smallest absolute Gasteiger partial charge is 0.240 e. The van der Waals surface area contributed by atoms with Crippen LogP contribution in [0.1, 0.15) is 25.8 Å². The van der Waals surface area contributed by atoms with Gasteiger partial charge in [-0.05, 0) is 66.0 Å². The van der Waals surface area contributed by atoms with Gasteiger partial charge in [0.1, 0.15) is 11.6 Å². The van der Waals surface area contributed by atoms with Gasteiger partial charge in [0.15, 0.2) is 0 Å². The molecule has 2 aromatic rings. The number of allylic oxidation sites excluding steroid dienone is 1. The maximum Gasteiger partial charge on any atom is 0.240 e. The van der Waals surface area contributed by atoms with Crippen LogP contribution in [0.15, 0.2) is 58.1 Å². The van der Waals surface area contributed by atoms with Gasteiger partial charge in [0.2, 0.25) is 16.0 Å². The van der Waals surface area contributed by atoms with Gasteiger partial charge in [-0.2, -0.15) is 4.98 Å². The number of halogens is 2. The second kappa shape index (κ2) is 10.1. The number of aliphatic hydroxyl groups excluding tert-OH is 1. The molecule has 1 aromatic carbocycles. The first-order valence-corrected chi connectivity index (χ1v) is 12.2. The van der Waals surface area contributed by atoms with E-state index in [1.54, 1.807) is 24.4 Å². The van der Waals surface area contributed by atoms with Crippen molar-refractivity contribution in [1.29, 1.82) is 0 Å². The molecular weight excluding hydrogens is 501 g/mol. The van der Waals surface area contributed by atoms with Crippen LogP contribution < -0.4 is 15.4 Å². The topological polar surface area (TPSA) is 116 Å². The number of hydrogen-bond donors (Lipinski definition) is 4. The molecular formula is C21H25BrFN5O3S. The molecule has 1 unspecified atom stereocenters. The van der Waals surface area contributed by atoms with Gasteiger partial charge in [0.05, 0.1) is 21.5 Å². The van der Waals surface area contributed by atoms with Crippen molar-refractivity contribution in [3.63, 3.8) is 0 Å². The summed E-state index contributed by atoms with van der Waals surface area (Å²) < 4.78 is 42.1. The fourth-order valence-electron chi connectivity index (χ4n) is 3.07. The summed E-state index contributed by atoms with van der Waals surface area (Å²) >= 11 is 3.37. The molecule has 1 aliphatic carbocycles. The van der Waals surface area contributed by atoms with Crippen molar-refractivity contribution in [1.82, 2.24) is 14.7 Å². The van der Waals surface area contributed by atoms with Gasteiger partial charge >= 0.3 is 0 Å². The zero-order valence-electron chi connectivity index (χ0n) is 17.6. The van der Waals surface area contributed by atoms with Gasteiger partial charge in [0.25, 0.3) is 0 Å². The summed E-state index contributed by atoms with van der Waals surface area (Å²) in [7, 11) is -3.82. The molecule has 0 aliphatic heterocycles. The maximum atomic E-state index is 13.4. The van der Waals surface area contributed by atoms with Crippen LogP contribution >= 0.6 is 15.9 Å². The minimum Gasteiger partial charge on any atom is -0.394 e. The number of rotatable bonds is 9. The van der Waals surface area contributed by atoms with Crippen molar-refractivity contribution in [2.24, 2.45) is 0 Å². The molecule has 3 rings (SSSR count). The van der Waals surface area contributed by atoms with E-state index >= 15 is 0 Å². The number of aromatic nitrogens is 2. The van der Waals surface area contributed by atoms with Crippen molar-refractivity contribution in [3.8, 4) is 0 Å². The summed E-state index contributed by atoms with van der Waals surface area (Å²) in [5, 5.41) is 15.5. The SMILES string of the molecule is C[C@H](CO)Nc1nc(NC2(C)C=C(S(=O)(=O)NCc3cccc(F)c3)C=CC2)ncc1Br. The Morgan fingerprint density at radius 3 is 2.88 bits per heavy atom. The molecule has 0 spiro atoms. The van der Waals surface area contributed by atoms with Gasteiger partial charge in [-0.1, -0.05) is 18.2 Å². The quantitative estimate of drug-likeness (QED) is 0.396. The number of benzene rings is 1. The summed E-state index contributed by atoms with van der Waals surface area (Å²) in [5.41, 5.74) is -0.235. The third-order valence-electron chi connectivity index (χ3n) is 4.75. The zero-order chi connectivity index (χ0) is 23.4. The molecule has 4 N–H and O–H groups in total. The lowest BCUT2D eigenvalue weighted by molar-refractivity contribution is 0.281. The van der Waals surface area contributed by atoms with Crippen LogP contribution in [0.3, 0.4) is 0 Å². The van der Waals surface area contributed by atoms with Crippen LogP contribution in [-0.4, -0.2) is 41.7 Å². The number of sulfonamides is 1. The Balaban J connectivity index is 1.76. The molecule has 172 valence electrons. The Morgan fingerprint density at radius 1 is 1.38 bits per heavy atom. The van der Waals surface area contributed by atoms with Crippen molar-refractivity contribution >= 4 is 37.7 Å². The summed E-state index contributed by atoms with van der Waals surface area (Å²) in [6.07, 6.45) is 7.00. The third kappa shape index (κ3) is 6.35. The van der Waals surface area contributed by atoms with Gasteiger partial charge < -0.3 is 15.7 Å². The van der Waals surface area contributed by atoms with Crippen molar-refractivity contribution < 1.29 is 17.9 Å². The summed E-state index contributed by atoms with van der Waals surface area (Å²) in [5.74, 6) is 0.388. The summed E-state index contributed by atoms with van der Waals surface area (Å²) in [4.78, 5) is 8.78. The summed E-state index contributed by atoms with van der Waals surface area (Å²) in [6.45, 7) is 3.57. The van der Waals surface area contributed by atoms with Gasteiger partial charge in [-0.25, -0.2) is 22.5 Å². The largest absolute Gasteiger partial charge is 0.394 e. The molecule has 0 saturated carbocycles. The standard InChI is InChI=1S/C21H25BrFN5O3S/c1-14(13-29)26-19-18(22)12-24-20(27-19)28-21(2)8-4-7-17(10-21)32(30,31)25-11-15-5-3-6-16(23)9-15/h3-7,9-10,12,14,25,29H,8,11,13H2,1-2H3,(H2,24,26,27,28)/t14-,21?/m1/s1. The molecule has 0 amide bonds. The molecule has 0 fully saturated rings. The van der Waals surface area contributed by atoms with E-state index in [9.17, 15) is 17.9 Å². The van der Waals surface area contributed by atoms with E-state index in [4.69, 9.17) is 0 Å². The normalized spacial score (nSPS) is 19.3. The van der Waals surface area contributed by atoms with Crippen molar-refractivity contribution in [3.05, 3.63) is 69.4 Å². The number of nitrogens with one attached hydrogen (secondary N) is 3. The molecule has 2 atom stereocenters. The van der Waals surface area contributed by atoms with E-state index in [0.29, 0.717) is 28.2 Å². The van der Waals surface area contributed by atoms with E-state index in [0.717, 1.165) is 0 Å². The van der Waals surface area contributed by atoms with Crippen molar-refractivity contribution in [2.45, 2.75) is 38.4 Å². The Labute approximate surface area is 195 Å². The lowest BCUT2D eigenvalue weighted by Gasteiger charge is -2.30. The fraction of sp³-hybridized carbons (Fsp3) is 0.333. The second-order valence-corrected chi connectivity index (χ2v) is 10.4. The average Bonchev–Trinajstić information content (AvgIpc) is 2.74. The molecule has 0 bridgehead atoms. The Kier molecular flexibility index (Phi) is 7.65. The van der Waals surface area contributed by atoms with E-state index in [1.807, 2.05) is 13.8 Å². The van der Waals surface area contributed by atoms with Gasteiger partial charge in [-0.15, -0.1) is 0 Å². The second-order valence-electron chi connectivity index (χ2n) is 7.77. The molecule has 0 radical (unpaired) electrons. The van der Waals surface area contributed by atoms with E-state index < -0.39 is 21.4 Å². The number of hydrogen-bond acceptors (Lipinski definition) is 7. The first kappa shape index (κ1) is 24.3. The minimum atomic E-state index is -3.82. The average molecular weight is 526 g/mol. The Bertz CT molecular complexity index is 1140. The molecule has 11 heteroatoms. The first-order chi connectivity index (χ1) is 15.1. The van der Waals surface area contributed by atoms with Crippen LogP contribution in [0.2, 0.25) is 0 Å². The lowest BCUT2D eigenvalue weighted by atomic mass is 9.94. The fourth-order valence-corrected chi connectivity index (χ4v) is 4.59. The monoisotopic (exact) mass is 525 g/mol. The lowest BCUT2D eigenvalue weighted by Crippen LogP contribution is -2.36. The molecule has 8 nitrogen and oxygen atoms in total. The highest BCUT2D eigenvalue weighted by Crippen LogP contribution is 2.28. The molecule has 32 heavy (non-hydrogen) atoms. The highest BCUT2D eigenvalue weighted by Gasteiger charge is 2.29. The molecule has 1 heterocycles. The Hall–Kier alpha value is -2.34.